The monoisotopic (exact) mass is 764 g/mol. The van der Waals surface area contributed by atoms with Crippen LogP contribution in [0, 0.1) is 0 Å². The minimum Gasteiger partial charge on any atom is -0.465 e. The molecule has 0 radical (unpaired) electrons. The summed E-state index contributed by atoms with van der Waals surface area (Å²) in [7, 11) is -1.87. The summed E-state index contributed by atoms with van der Waals surface area (Å²) in [5.41, 5.74) is 1.98. The first kappa shape index (κ1) is 38.6. The van der Waals surface area contributed by atoms with E-state index in [1.54, 1.807) is 37.8 Å². The van der Waals surface area contributed by atoms with E-state index >= 15 is 0 Å². The number of ether oxygens (including phenoxy) is 1. The molecule has 3 amide bonds. The molecule has 1 unspecified atom stereocenters. The average Bonchev–Trinajstić information content (AvgIpc) is 3.73. The van der Waals surface area contributed by atoms with E-state index in [-0.39, 0.29) is 43.0 Å². The van der Waals surface area contributed by atoms with Gasteiger partial charge in [-0.2, -0.15) is 0 Å². The molecule has 2 aliphatic heterocycles. The van der Waals surface area contributed by atoms with Gasteiger partial charge in [-0.1, -0.05) is 56.1 Å². The van der Waals surface area contributed by atoms with Gasteiger partial charge in [-0.05, 0) is 82.6 Å². The van der Waals surface area contributed by atoms with Crippen molar-refractivity contribution in [2.24, 2.45) is 0 Å². The fourth-order valence-corrected chi connectivity index (χ4v) is 8.66. The van der Waals surface area contributed by atoms with Crippen LogP contribution in [0.25, 0.3) is 5.57 Å². The van der Waals surface area contributed by atoms with Crippen molar-refractivity contribution in [1.82, 2.24) is 19.7 Å². The fourth-order valence-electron chi connectivity index (χ4n) is 6.27. The van der Waals surface area contributed by atoms with Gasteiger partial charge in [-0.25, -0.2) is 14.6 Å². The lowest BCUT2D eigenvalue weighted by Gasteiger charge is -2.49. The highest BCUT2D eigenvalue weighted by Gasteiger charge is 2.50. The van der Waals surface area contributed by atoms with Crippen LogP contribution < -0.4 is 0 Å². The predicted molar refractivity (Wildman–Crippen MR) is 200 cm³/mol. The number of fused-ring (bicyclic) bond motifs is 2. The number of rotatable bonds is 10. The van der Waals surface area contributed by atoms with Gasteiger partial charge in [0.2, 0.25) is 0 Å². The number of carbonyl (C=O) groups is 3. The van der Waals surface area contributed by atoms with Crippen molar-refractivity contribution in [1.29, 1.82) is 0 Å². The zero-order valence-electron chi connectivity index (χ0n) is 30.3. The van der Waals surface area contributed by atoms with E-state index in [0.29, 0.717) is 32.8 Å². The Morgan fingerprint density at radius 1 is 1.10 bits per heavy atom. The predicted octanol–water partition coefficient (Wildman–Crippen LogP) is 8.72. The highest BCUT2D eigenvalue weighted by Crippen LogP contribution is 2.43. The molecule has 2 bridgehead atoms. The molecule has 2 fully saturated rings. The first-order valence-corrected chi connectivity index (χ1v) is 21.9. The molecule has 1 saturated heterocycles. The van der Waals surface area contributed by atoms with Gasteiger partial charge in [-0.3, -0.25) is 9.69 Å². The zero-order valence-corrected chi connectivity index (χ0v) is 33.7. The Labute approximate surface area is 310 Å². The number of hydrogen-bond donors (Lipinski definition) is 1. The van der Waals surface area contributed by atoms with Crippen LogP contribution in [-0.2, 0) is 26.9 Å². The lowest BCUT2D eigenvalue weighted by molar-refractivity contribution is -0.129. The maximum absolute atomic E-state index is 14.9. The molecule has 50 heavy (non-hydrogen) atoms. The molecular weight excluding hydrogens is 715 g/mol. The van der Waals surface area contributed by atoms with E-state index in [4.69, 9.17) is 37.3 Å². The maximum Gasteiger partial charge on any atom is 0.410 e. The molecular formula is C36H50Cl2N4O6SSi. The van der Waals surface area contributed by atoms with Crippen LogP contribution in [0.1, 0.15) is 83.5 Å². The Balaban J connectivity index is 1.50. The number of halogens is 2. The van der Waals surface area contributed by atoms with Crippen LogP contribution in [0.3, 0.4) is 0 Å². The summed E-state index contributed by atoms with van der Waals surface area (Å²) in [6, 6.07) is 3.84. The van der Waals surface area contributed by atoms with Crippen LogP contribution in [0.5, 0.6) is 0 Å². The molecule has 274 valence electrons. The van der Waals surface area contributed by atoms with E-state index in [1.165, 1.54) is 21.1 Å². The van der Waals surface area contributed by atoms with Gasteiger partial charge in [0.05, 0.1) is 27.8 Å². The number of hydrogen-bond acceptors (Lipinski definition) is 7. The van der Waals surface area contributed by atoms with Crippen molar-refractivity contribution in [2.45, 2.75) is 122 Å². The number of carboxylic acid groups (broad SMARTS) is 1. The second-order valence-corrected chi connectivity index (χ2v) is 22.5. The molecule has 1 aromatic heterocycles. The van der Waals surface area contributed by atoms with Gasteiger partial charge in [-0.15, -0.1) is 11.3 Å². The minimum atomic E-state index is -1.87. The topological polar surface area (TPSA) is 113 Å². The normalized spacial score (nSPS) is 19.9. The lowest BCUT2D eigenvalue weighted by atomic mass is 9.84. The Morgan fingerprint density at radius 3 is 2.42 bits per heavy atom. The number of benzene rings is 1. The second-order valence-electron chi connectivity index (χ2n) is 16.1. The Morgan fingerprint density at radius 2 is 1.80 bits per heavy atom. The number of amides is 3. The number of aryl methyl sites for hydroxylation is 1. The molecule has 3 aliphatic rings. The van der Waals surface area contributed by atoms with E-state index in [1.807, 2.05) is 11.4 Å². The van der Waals surface area contributed by atoms with Gasteiger partial charge >= 0.3 is 12.2 Å². The van der Waals surface area contributed by atoms with Crippen LogP contribution in [0.2, 0.25) is 28.2 Å². The van der Waals surface area contributed by atoms with Gasteiger partial charge in [0.1, 0.15) is 10.6 Å². The quantitative estimate of drug-likeness (QED) is 0.190. The van der Waals surface area contributed by atoms with Gasteiger partial charge in [0.25, 0.3) is 5.91 Å². The average molecular weight is 766 g/mol. The summed E-state index contributed by atoms with van der Waals surface area (Å²) < 4.78 is 12.1. The Bertz CT molecular complexity index is 1650. The third-order valence-electron chi connectivity index (χ3n) is 10.0. The van der Waals surface area contributed by atoms with E-state index < -0.39 is 38.2 Å². The van der Waals surface area contributed by atoms with Crippen LogP contribution >= 0.6 is 34.5 Å². The van der Waals surface area contributed by atoms with Crippen molar-refractivity contribution in [3.05, 3.63) is 55.5 Å². The smallest absolute Gasteiger partial charge is 0.410 e. The lowest BCUT2D eigenvalue weighted by Crippen LogP contribution is -2.65. The molecule has 1 aliphatic carbocycles. The van der Waals surface area contributed by atoms with Gasteiger partial charge in [0, 0.05) is 48.8 Å². The summed E-state index contributed by atoms with van der Waals surface area (Å²) in [5.74, 6) is -0.279. The Hall–Kier alpha value is -2.64. The first-order chi connectivity index (χ1) is 23.3. The highest BCUT2D eigenvalue weighted by molar-refractivity contribution is 7.10. The molecule has 0 spiro atoms. The van der Waals surface area contributed by atoms with Crippen molar-refractivity contribution in [3.8, 4) is 0 Å². The minimum absolute atomic E-state index is 0.0122. The van der Waals surface area contributed by atoms with E-state index in [0.717, 1.165) is 37.0 Å². The molecule has 14 heteroatoms. The zero-order chi connectivity index (χ0) is 36.8. The number of carbonyl (C=O) groups excluding carboxylic acids is 2. The van der Waals surface area contributed by atoms with Crippen molar-refractivity contribution in [2.75, 3.05) is 19.7 Å². The van der Waals surface area contributed by atoms with Gasteiger partial charge < -0.3 is 24.1 Å². The molecule has 10 nitrogen and oxygen atoms in total. The van der Waals surface area contributed by atoms with Crippen LogP contribution in [0.15, 0.2) is 29.2 Å². The molecule has 1 saturated carbocycles. The highest BCUT2D eigenvalue weighted by atomic mass is 35.5. The molecule has 2 aromatic rings. The molecule has 1 N–H and O–H groups in total. The van der Waals surface area contributed by atoms with Crippen LogP contribution in [0.4, 0.5) is 9.59 Å². The van der Waals surface area contributed by atoms with Crippen molar-refractivity contribution < 1.29 is 28.7 Å². The second kappa shape index (κ2) is 14.8. The molecule has 5 rings (SSSR count). The third-order valence-corrected chi connectivity index (χ3v) is 16.4. The standard InChI is InChI=1S/C36H50Cl2N4O6SSi/c1-35(2,3)48-34(46)40-19-25-17-26(31-39-23(21-49-31)12-10-16-47-50(7,8)36(4,5)6)29(28(20-40)42(25)33(44)45)32(43)41(24-14-15-24)18-22-11-9-13-27(37)30(22)38/h9,11,13,21,24-25,28H,10,12,14-20H2,1-8H3,(H,44,45)/t25?,28-/m1/s1. The van der Waals surface area contributed by atoms with E-state index in [9.17, 15) is 19.5 Å². The summed E-state index contributed by atoms with van der Waals surface area (Å²) in [6.45, 7) is 17.5. The third kappa shape index (κ3) is 8.69. The SMILES string of the molecule is CC(C)(C)OC(=O)N1CC2CC(c3nc(CCCO[Si](C)(C)C(C)(C)C)cs3)=C(C(=O)N(Cc3cccc(Cl)c3Cl)C3CC3)[C@@H](C1)N2C(=O)O. The van der Waals surface area contributed by atoms with Gasteiger partial charge in [0.15, 0.2) is 8.32 Å². The Kier molecular flexibility index (Phi) is 11.4. The summed E-state index contributed by atoms with van der Waals surface area (Å²) in [6.07, 6.45) is 1.76. The summed E-state index contributed by atoms with van der Waals surface area (Å²) >= 11 is 14.4. The maximum atomic E-state index is 14.9. The first-order valence-electron chi connectivity index (χ1n) is 17.3. The fraction of sp³-hybridized carbons (Fsp3) is 0.611. The molecule has 3 heterocycles. The summed E-state index contributed by atoms with van der Waals surface area (Å²) in [5, 5.41) is 14.1. The number of piperazine rings is 1. The van der Waals surface area contributed by atoms with Crippen LogP contribution in [-0.4, -0.2) is 94.6 Å². The number of thiazole rings is 1. The molecule has 2 atom stereocenters. The number of nitrogens with zero attached hydrogens (tertiary/aromatic N) is 4. The largest absolute Gasteiger partial charge is 0.465 e. The summed E-state index contributed by atoms with van der Waals surface area (Å²) in [4.78, 5) is 50.8. The van der Waals surface area contributed by atoms with Crippen molar-refractivity contribution in [3.63, 3.8) is 0 Å². The number of aromatic nitrogens is 1. The molecule has 1 aromatic carbocycles. The van der Waals surface area contributed by atoms with E-state index in [2.05, 4.69) is 33.9 Å². The van der Waals surface area contributed by atoms with Crippen molar-refractivity contribution >= 4 is 66.5 Å².